The standard InChI is InChI=1S/C14H12ClN5O/c15-9-3-4-11-12(6-9)18-13(19-14(11)21)8-16-7-10-2-1-5-17-20-10/h1-6,16H,7-8H2,(H,18,19,21). The highest BCUT2D eigenvalue weighted by atomic mass is 35.5. The lowest BCUT2D eigenvalue weighted by molar-refractivity contribution is 0.645. The van der Waals surface area contributed by atoms with Crippen LogP contribution in [0.2, 0.25) is 5.02 Å². The minimum atomic E-state index is -0.173. The molecule has 0 spiro atoms. The van der Waals surface area contributed by atoms with Gasteiger partial charge in [0, 0.05) is 17.8 Å². The minimum absolute atomic E-state index is 0.173. The van der Waals surface area contributed by atoms with E-state index in [1.165, 1.54) is 0 Å². The maximum Gasteiger partial charge on any atom is 0.258 e. The van der Waals surface area contributed by atoms with E-state index in [0.29, 0.717) is 34.8 Å². The molecule has 106 valence electrons. The monoisotopic (exact) mass is 301 g/mol. The highest BCUT2D eigenvalue weighted by molar-refractivity contribution is 6.31. The molecule has 2 heterocycles. The molecule has 3 aromatic rings. The van der Waals surface area contributed by atoms with Crippen molar-refractivity contribution in [3.8, 4) is 0 Å². The molecule has 3 rings (SSSR count). The van der Waals surface area contributed by atoms with Crippen molar-refractivity contribution in [2.75, 3.05) is 0 Å². The lowest BCUT2D eigenvalue weighted by Gasteiger charge is -2.05. The quantitative estimate of drug-likeness (QED) is 0.765. The molecule has 0 amide bonds. The molecule has 1 aromatic carbocycles. The van der Waals surface area contributed by atoms with Gasteiger partial charge in [0.1, 0.15) is 5.82 Å². The first-order chi connectivity index (χ1) is 10.2. The molecule has 0 bridgehead atoms. The molecule has 0 radical (unpaired) electrons. The molecule has 6 nitrogen and oxygen atoms in total. The Hall–Kier alpha value is -2.31. The van der Waals surface area contributed by atoms with Crippen molar-refractivity contribution >= 4 is 22.5 Å². The summed E-state index contributed by atoms with van der Waals surface area (Å²) in [6.07, 6.45) is 1.62. The van der Waals surface area contributed by atoms with Crippen LogP contribution in [-0.2, 0) is 13.1 Å². The van der Waals surface area contributed by atoms with Crippen molar-refractivity contribution < 1.29 is 0 Å². The zero-order valence-corrected chi connectivity index (χ0v) is 11.8. The molecule has 0 saturated carbocycles. The molecule has 0 unspecified atom stereocenters. The van der Waals surface area contributed by atoms with E-state index in [1.807, 2.05) is 12.1 Å². The van der Waals surface area contributed by atoms with Gasteiger partial charge in [0.15, 0.2) is 0 Å². The van der Waals surface area contributed by atoms with Crippen LogP contribution in [0.3, 0.4) is 0 Å². The maximum atomic E-state index is 12.0. The number of halogens is 1. The molecular weight excluding hydrogens is 290 g/mol. The van der Waals surface area contributed by atoms with E-state index in [2.05, 4.69) is 25.5 Å². The zero-order chi connectivity index (χ0) is 14.7. The van der Waals surface area contributed by atoms with Crippen molar-refractivity contribution in [1.29, 1.82) is 0 Å². The Bertz CT molecular complexity index is 818. The molecule has 0 aliphatic carbocycles. The molecule has 0 atom stereocenters. The van der Waals surface area contributed by atoms with Crippen molar-refractivity contribution in [3.63, 3.8) is 0 Å². The molecule has 2 aromatic heterocycles. The molecule has 0 aliphatic heterocycles. The summed E-state index contributed by atoms with van der Waals surface area (Å²) in [5, 5.41) is 12.0. The average molecular weight is 302 g/mol. The zero-order valence-electron chi connectivity index (χ0n) is 11.0. The highest BCUT2D eigenvalue weighted by Crippen LogP contribution is 2.14. The summed E-state index contributed by atoms with van der Waals surface area (Å²) in [5.41, 5.74) is 1.24. The van der Waals surface area contributed by atoms with Crippen molar-refractivity contribution in [2.45, 2.75) is 13.1 Å². The number of hydrogen-bond acceptors (Lipinski definition) is 5. The molecule has 7 heteroatoms. The van der Waals surface area contributed by atoms with Gasteiger partial charge in [-0.1, -0.05) is 11.6 Å². The largest absolute Gasteiger partial charge is 0.309 e. The van der Waals surface area contributed by atoms with Crippen LogP contribution in [0.1, 0.15) is 11.5 Å². The number of benzene rings is 1. The van der Waals surface area contributed by atoms with Crippen LogP contribution in [0.15, 0.2) is 41.3 Å². The number of nitrogens with zero attached hydrogens (tertiary/aromatic N) is 3. The number of nitrogens with one attached hydrogen (secondary N) is 2. The van der Waals surface area contributed by atoms with E-state index in [4.69, 9.17) is 11.6 Å². The lowest BCUT2D eigenvalue weighted by atomic mass is 10.2. The van der Waals surface area contributed by atoms with Crippen LogP contribution >= 0.6 is 11.6 Å². The van der Waals surface area contributed by atoms with Crippen LogP contribution in [0.4, 0.5) is 0 Å². The molecule has 2 N–H and O–H groups in total. The van der Waals surface area contributed by atoms with Gasteiger partial charge in [0.25, 0.3) is 5.56 Å². The fourth-order valence-corrected chi connectivity index (χ4v) is 2.15. The Labute approximate surface area is 125 Å². The highest BCUT2D eigenvalue weighted by Gasteiger charge is 2.04. The summed E-state index contributed by atoms with van der Waals surface area (Å²) >= 11 is 5.92. The van der Waals surface area contributed by atoms with Gasteiger partial charge in [0.2, 0.25) is 0 Å². The Kier molecular flexibility index (Phi) is 3.89. The molecule has 0 aliphatic rings. The first-order valence-corrected chi connectivity index (χ1v) is 6.76. The molecule has 0 fully saturated rings. The summed E-state index contributed by atoms with van der Waals surface area (Å²) < 4.78 is 0. The number of aromatic nitrogens is 4. The number of fused-ring (bicyclic) bond motifs is 1. The summed E-state index contributed by atoms with van der Waals surface area (Å²) in [4.78, 5) is 19.1. The Morgan fingerprint density at radius 3 is 2.95 bits per heavy atom. The Morgan fingerprint density at radius 1 is 1.24 bits per heavy atom. The number of rotatable bonds is 4. The van der Waals surface area contributed by atoms with E-state index in [0.717, 1.165) is 5.69 Å². The van der Waals surface area contributed by atoms with Crippen LogP contribution in [-0.4, -0.2) is 20.2 Å². The summed E-state index contributed by atoms with van der Waals surface area (Å²) in [5.74, 6) is 0.554. The smallest absolute Gasteiger partial charge is 0.258 e. The van der Waals surface area contributed by atoms with Crippen molar-refractivity contribution in [2.24, 2.45) is 0 Å². The predicted molar refractivity (Wildman–Crippen MR) is 79.9 cm³/mol. The van der Waals surface area contributed by atoms with Gasteiger partial charge in [-0.25, -0.2) is 4.98 Å². The van der Waals surface area contributed by atoms with E-state index in [9.17, 15) is 4.79 Å². The van der Waals surface area contributed by atoms with E-state index in [1.54, 1.807) is 24.4 Å². The third-order valence-electron chi connectivity index (χ3n) is 2.94. The summed E-state index contributed by atoms with van der Waals surface area (Å²) in [6, 6.07) is 8.71. The minimum Gasteiger partial charge on any atom is -0.309 e. The molecular formula is C14H12ClN5O. The fourth-order valence-electron chi connectivity index (χ4n) is 1.98. The Morgan fingerprint density at radius 2 is 2.14 bits per heavy atom. The first-order valence-electron chi connectivity index (χ1n) is 6.38. The van der Waals surface area contributed by atoms with E-state index in [-0.39, 0.29) is 5.56 Å². The van der Waals surface area contributed by atoms with Crippen LogP contribution in [0.5, 0.6) is 0 Å². The van der Waals surface area contributed by atoms with Gasteiger partial charge in [-0.2, -0.15) is 10.2 Å². The predicted octanol–water partition coefficient (Wildman–Crippen LogP) is 1.66. The fraction of sp³-hybridized carbons (Fsp3) is 0.143. The third-order valence-corrected chi connectivity index (χ3v) is 3.18. The van der Waals surface area contributed by atoms with Crippen molar-refractivity contribution in [3.05, 3.63) is 63.4 Å². The van der Waals surface area contributed by atoms with Gasteiger partial charge in [0.05, 0.1) is 23.1 Å². The normalized spacial score (nSPS) is 10.9. The van der Waals surface area contributed by atoms with Gasteiger partial charge in [-0.05, 0) is 30.3 Å². The first kappa shape index (κ1) is 13.7. The topological polar surface area (TPSA) is 83.6 Å². The Balaban J connectivity index is 1.77. The van der Waals surface area contributed by atoms with Gasteiger partial charge in [-0.15, -0.1) is 0 Å². The van der Waals surface area contributed by atoms with E-state index >= 15 is 0 Å². The summed E-state index contributed by atoms with van der Waals surface area (Å²) in [6.45, 7) is 0.972. The molecule has 0 saturated heterocycles. The van der Waals surface area contributed by atoms with Crippen LogP contribution < -0.4 is 10.9 Å². The van der Waals surface area contributed by atoms with Crippen LogP contribution in [0.25, 0.3) is 10.9 Å². The maximum absolute atomic E-state index is 12.0. The average Bonchev–Trinajstić information content (AvgIpc) is 2.48. The second-order valence-electron chi connectivity index (χ2n) is 4.49. The van der Waals surface area contributed by atoms with E-state index < -0.39 is 0 Å². The number of aromatic amines is 1. The molecule has 21 heavy (non-hydrogen) atoms. The van der Waals surface area contributed by atoms with Gasteiger partial charge in [-0.3, -0.25) is 4.79 Å². The third kappa shape index (κ3) is 3.24. The van der Waals surface area contributed by atoms with Crippen molar-refractivity contribution in [1.82, 2.24) is 25.5 Å². The lowest BCUT2D eigenvalue weighted by Crippen LogP contribution is -2.19. The number of hydrogen-bond donors (Lipinski definition) is 2. The van der Waals surface area contributed by atoms with Gasteiger partial charge < -0.3 is 10.3 Å². The van der Waals surface area contributed by atoms with Crippen LogP contribution in [0, 0.1) is 0 Å². The SMILES string of the molecule is O=c1[nH]c(CNCc2cccnn2)nc2cc(Cl)ccc12. The summed E-state index contributed by atoms with van der Waals surface area (Å²) in [7, 11) is 0. The number of H-pyrrole nitrogens is 1. The van der Waals surface area contributed by atoms with Gasteiger partial charge >= 0.3 is 0 Å². The second-order valence-corrected chi connectivity index (χ2v) is 4.93. The second kappa shape index (κ2) is 5.99.